The Kier molecular flexibility index (Phi) is 27.4. The lowest BCUT2D eigenvalue weighted by Gasteiger charge is -2.32. The monoisotopic (exact) mass is 781 g/mol. The first kappa shape index (κ1) is 47.8. The van der Waals surface area contributed by atoms with Gasteiger partial charge in [0.2, 0.25) is 0 Å². The van der Waals surface area contributed by atoms with Crippen molar-refractivity contribution in [2.45, 2.75) is 136 Å². The maximum absolute atomic E-state index is 12.6. The SMILES string of the molecule is CCCCCCN(C)P(=O)(Cl)Cl.CCCCCCN(C)P(=O)(Cl)OC[C@@H]1CCC[C@H](n2cc(C)c(=O)[nH]c2=O)O1.CCCCCCNC. The van der Waals surface area contributed by atoms with Crippen LogP contribution in [0.5, 0.6) is 0 Å². The molecule has 48 heavy (non-hydrogen) atoms. The predicted molar refractivity (Wildman–Crippen MR) is 204 cm³/mol. The van der Waals surface area contributed by atoms with Crippen LogP contribution >= 0.6 is 46.6 Å². The predicted octanol–water partition coefficient (Wildman–Crippen LogP) is 9.66. The van der Waals surface area contributed by atoms with Gasteiger partial charge < -0.3 is 14.6 Å². The van der Waals surface area contributed by atoms with Gasteiger partial charge in [0.25, 0.3) is 5.56 Å². The van der Waals surface area contributed by atoms with Crippen molar-refractivity contribution in [3.63, 3.8) is 0 Å². The molecular formula is C32H64Cl3N5O6P2. The summed E-state index contributed by atoms with van der Waals surface area (Å²) in [6, 6.07) is 0. The van der Waals surface area contributed by atoms with Crippen LogP contribution in [0.2, 0.25) is 0 Å². The molecule has 2 rings (SSSR count). The molecule has 284 valence electrons. The van der Waals surface area contributed by atoms with Gasteiger partial charge >= 0.3 is 18.6 Å². The van der Waals surface area contributed by atoms with Gasteiger partial charge in [-0.2, -0.15) is 0 Å². The summed E-state index contributed by atoms with van der Waals surface area (Å²) in [5, 5.41) is 3.13. The number of ether oxygens (including phenoxy) is 1. The van der Waals surface area contributed by atoms with E-state index < -0.39 is 30.3 Å². The number of hydrogen-bond acceptors (Lipinski definition) is 7. The highest BCUT2D eigenvalue weighted by Gasteiger charge is 2.30. The quantitative estimate of drug-likeness (QED) is 0.0926. The summed E-state index contributed by atoms with van der Waals surface area (Å²) < 4.78 is 39.6. The zero-order chi connectivity index (χ0) is 36.6. The summed E-state index contributed by atoms with van der Waals surface area (Å²) in [4.78, 5) is 25.9. The molecule has 0 radical (unpaired) electrons. The number of hydrogen-bond donors (Lipinski definition) is 2. The minimum Gasteiger partial charge on any atom is -0.352 e. The summed E-state index contributed by atoms with van der Waals surface area (Å²) in [7, 11) is 5.39. The van der Waals surface area contributed by atoms with E-state index in [1.807, 2.05) is 7.05 Å². The second-order valence-corrected chi connectivity index (χ2v) is 20.3. The van der Waals surface area contributed by atoms with Crippen LogP contribution in [0.15, 0.2) is 15.8 Å². The molecule has 1 aromatic heterocycles. The summed E-state index contributed by atoms with van der Waals surface area (Å²) >= 11 is 17.0. The highest BCUT2D eigenvalue weighted by atomic mass is 35.9. The van der Waals surface area contributed by atoms with Gasteiger partial charge in [-0.25, -0.2) is 14.1 Å². The molecular weight excluding hydrogens is 719 g/mol. The smallest absolute Gasteiger partial charge is 0.352 e. The van der Waals surface area contributed by atoms with Crippen molar-refractivity contribution in [3.8, 4) is 0 Å². The Hall–Kier alpha value is -0.190. The third-order valence-corrected chi connectivity index (χ3v) is 13.1. The molecule has 0 saturated carbocycles. The molecule has 2 heterocycles. The number of nitrogens with zero attached hydrogens (tertiary/aromatic N) is 3. The normalized spacial score (nSPS) is 17.8. The van der Waals surface area contributed by atoms with Gasteiger partial charge in [0.05, 0.1) is 12.7 Å². The van der Waals surface area contributed by atoms with E-state index in [1.54, 1.807) is 25.7 Å². The third-order valence-electron chi connectivity index (χ3n) is 7.96. The highest BCUT2D eigenvalue weighted by molar-refractivity contribution is 8.06. The number of aromatic amines is 1. The van der Waals surface area contributed by atoms with E-state index in [0.29, 0.717) is 25.1 Å². The zero-order valence-corrected chi connectivity index (χ0v) is 34.5. The fourth-order valence-electron chi connectivity index (χ4n) is 4.78. The summed E-state index contributed by atoms with van der Waals surface area (Å²) in [5.74, 6) is -3.03. The molecule has 0 aromatic carbocycles. The van der Waals surface area contributed by atoms with Crippen molar-refractivity contribution in [2.75, 3.05) is 47.4 Å². The molecule has 0 amide bonds. The topological polar surface area (TPSA) is 126 Å². The van der Waals surface area contributed by atoms with E-state index in [9.17, 15) is 18.7 Å². The Morgan fingerprint density at radius 3 is 1.96 bits per heavy atom. The molecule has 0 bridgehead atoms. The average Bonchev–Trinajstić information content (AvgIpc) is 3.04. The fraction of sp³-hybridized carbons (Fsp3) is 0.875. The van der Waals surface area contributed by atoms with Gasteiger partial charge in [0.1, 0.15) is 6.23 Å². The maximum Gasteiger partial charge on any atom is 0.362 e. The Balaban J connectivity index is 0.000000907. The van der Waals surface area contributed by atoms with Gasteiger partial charge in [-0.1, -0.05) is 78.6 Å². The summed E-state index contributed by atoms with van der Waals surface area (Å²) in [6.45, 7) is 7.35. The number of H-pyrrole nitrogens is 1. The zero-order valence-electron chi connectivity index (χ0n) is 30.5. The minimum absolute atomic E-state index is 0.0909. The van der Waals surface area contributed by atoms with Crippen molar-refractivity contribution < 1.29 is 18.4 Å². The number of nitrogens with one attached hydrogen (secondary N) is 2. The molecule has 1 aromatic rings. The lowest BCUT2D eigenvalue weighted by molar-refractivity contribution is -0.105. The van der Waals surface area contributed by atoms with Crippen LogP contribution < -0.4 is 16.6 Å². The number of aromatic nitrogens is 2. The average molecular weight is 783 g/mol. The van der Waals surface area contributed by atoms with Gasteiger partial charge in [-0.05, 0) is 107 Å². The highest BCUT2D eigenvalue weighted by Crippen LogP contribution is 2.59. The van der Waals surface area contributed by atoms with E-state index in [-0.39, 0.29) is 12.7 Å². The van der Waals surface area contributed by atoms with E-state index in [2.05, 4.69) is 31.1 Å². The van der Waals surface area contributed by atoms with Crippen LogP contribution in [0.1, 0.15) is 129 Å². The standard InChI is InChI=1S/C18H31ClN3O5P.C7H16Cl2NOP.C7H17N/c1-4-5-6-7-11-21(3)28(19,25)26-13-15-9-8-10-16(27-15)22-12-14(2)17(23)20-18(22)24;1-3-4-5-6-7-10(2)12(8,9)11;1-3-4-5-6-7-8-2/h12,15-16H,4-11,13H2,1-3H3,(H,20,23,24);3-7H2,1-2H3;8H,3-7H2,1-2H3/t15-,16+,28?;;/m0../s1. The van der Waals surface area contributed by atoms with E-state index >= 15 is 0 Å². The van der Waals surface area contributed by atoms with Crippen molar-refractivity contribution in [3.05, 3.63) is 32.6 Å². The van der Waals surface area contributed by atoms with E-state index in [4.69, 9.17) is 43.0 Å². The number of aryl methyl sites for hydroxylation is 1. The molecule has 1 saturated heterocycles. The molecule has 0 spiro atoms. The number of unbranched alkanes of at least 4 members (excludes halogenated alkanes) is 9. The van der Waals surface area contributed by atoms with Gasteiger partial charge in [0.15, 0.2) is 0 Å². The molecule has 1 fully saturated rings. The molecule has 0 aliphatic carbocycles. The molecule has 16 heteroatoms. The van der Waals surface area contributed by atoms with Gasteiger partial charge in [0, 0.05) is 24.8 Å². The van der Waals surface area contributed by atoms with Crippen molar-refractivity contribution in [1.82, 2.24) is 24.2 Å². The third kappa shape index (κ3) is 21.9. The first-order valence-electron chi connectivity index (χ1n) is 17.6. The molecule has 1 unspecified atom stereocenters. The Labute approximate surface area is 304 Å². The van der Waals surface area contributed by atoms with Gasteiger partial charge in [-0.3, -0.25) is 23.5 Å². The second kappa shape index (κ2) is 27.5. The lowest BCUT2D eigenvalue weighted by atomic mass is 10.1. The molecule has 3 atom stereocenters. The van der Waals surface area contributed by atoms with Crippen LogP contribution in [-0.4, -0.2) is 72.4 Å². The van der Waals surface area contributed by atoms with Crippen LogP contribution in [0.4, 0.5) is 0 Å². The van der Waals surface area contributed by atoms with Gasteiger partial charge in [-0.15, -0.1) is 0 Å². The van der Waals surface area contributed by atoms with E-state index in [1.165, 1.54) is 60.5 Å². The number of rotatable bonds is 21. The van der Waals surface area contributed by atoms with Crippen LogP contribution in [-0.2, 0) is 18.4 Å². The van der Waals surface area contributed by atoms with E-state index in [0.717, 1.165) is 51.4 Å². The van der Waals surface area contributed by atoms with Crippen LogP contribution in [0.25, 0.3) is 0 Å². The first-order valence-corrected chi connectivity index (χ1v) is 23.6. The van der Waals surface area contributed by atoms with Crippen LogP contribution in [0.3, 0.4) is 0 Å². The largest absolute Gasteiger partial charge is 0.362 e. The summed E-state index contributed by atoms with van der Waals surface area (Å²) in [5.41, 5.74) is -0.462. The molecule has 2 N–H and O–H groups in total. The number of halogens is 3. The van der Waals surface area contributed by atoms with Crippen molar-refractivity contribution >= 4 is 46.6 Å². The van der Waals surface area contributed by atoms with Crippen LogP contribution in [0, 0.1) is 6.92 Å². The summed E-state index contributed by atoms with van der Waals surface area (Å²) in [6.07, 6.45) is 17.2. The first-order chi connectivity index (χ1) is 22.6. The Morgan fingerprint density at radius 1 is 0.896 bits per heavy atom. The molecule has 11 nitrogen and oxygen atoms in total. The second-order valence-electron chi connectivity index (χ2n) is 12.4. The van der Waals surface area contributed by atoms with Crippen molar-refractivity contribution in [1.29, 1.82) is 0 Å². The minimum atomic E-state index is -3.40. The Morgan fingerprint density at radius 2 is 1.44 bits per heavy atom. The lowest BCUT2D eigenvalue weighted by Crippen LogP contribution is -2.38. The fourth-order valence-corrected chi connectivity index (χ4v) is 6.93. The van der Waals surface area contributed by atoms with Crippen molar-refractivity contribution in [2.24, 2.45) is 0 Å². The Bertz CT molecular complexity index is 1180. The molecule has 1 aliphatic heterocycles. The maximum atomic E-state index is 12.6. The molecule has 1 aliphatic rings.